The number of likely N-dealkylation sites (N-methyl/N-ethyl adjacent to an activating group) is 1. The maximum Gasteiger partial charge on any atom is 0.317 e. The largest absolute Gasteiger partial charge is 0.480 e. The molecular formula is C17H29N3O3. The van der Waals surface area contributed by atoms with Crippen molar-refractivity contribution >= 4 is 12.0 Å². The molecule has 2 saturated carbocycles. The molecule has 0 aromatic rings. The summed E-state index contributed by atoms with van der Waals surface area (Å²) in [5, 5.41) is 12.1. The Hall–Kier alpha value is -1.30. The second-order valence-electron chi connectivity index (χ2n) is 7.44. The number of nitrogens with zero attached hydrogens (tertiary/aromatic N) is 2. The molecule has 0 spiro atoms. The lowest BCUT2D eigenvalue weighted by molar-refractivity contribution is -0.139. The summed E-state index contributed by atoms with van der Waals surface area (Å²) in [6.45, 7) is 4.67. The molecule has 2 aliphatic carbocycles. The molecule has 2 N–H and O–H groups in total. The number of fused-ring (bicyclic) bond motifs is 1. The van der Waals surface area contributed by atoms with E-state index in [4.69, 9.17) is 5.11 Å². The van der Waals surface area contributed by atoms with Crippen LogP contribution in [0.2, 0.25) is 0 Å². The molecule has 0 aromatic carbocycles. The van der Waals surface area contributed by atoms with Gasteiger partial charge in [-0.25, -0.2) is 4.79 Å². The summed E-state index contributed by atoms with van der Waals surface area (Å²) in [5.74, 6) is 0.656. The smallest absolute Gasteiger partial charge is 0.317 e. The van der Waals surface area contributed by atoms with Crippen molar-refractivity contribution < 1.29 is 14.7 Å². The van der Waals surface area contributed by atoms with Gasteiger partial charge in [-0.2, -0.15) is 0 Å². The van der Waals surface area contributed by atoms with Gasteiger partial charge in [-0.3, -0.25) is 9.69 Å². The minimum Gasteiger partial charge on any atom is -0.480 e. The van der Waals surface area contributed by atoms with Crippen molar-refractivity contribution in [3.63, 3.8) is 0 Å². The van der Waals surface area contributed by atoms with Crippen molar-refractivity contribution in [2.75, 3.05) is 26.2 Å². The lowest BCUT2D eigenvalue weighted by Crippen LogP contribution is -2.56. The number of aliphatic carboxylic acids is 1. The van der Waals surface area contributed by atoms with Gasteiger partial charge in [0, 0.05) is 25.2 Å². The Bertz CT molecular complexity index is 436. The summed E-state index contributed by atoms with van der Waals surface area (Å²) in [7, 11) is 0. The Balaban J connectivity index is 1.41. The van der Waals surface area contributed by atoms with Crippen molar-refractivity contribution in [1.82, 2.24) is 15.1 Å². The number of carboxylic acid groups (broad SMARTS) is 1. The van der Waals surface area contributed by atoms with E-state index in [1.54, 1.807) is 0 Å². The van der Waals surface area contributed by atoms with Gasteiger partial charge in [-0.1, -0.05) is 19.8 Å². The van der Waals surface area contributed by atoms with Crippen LogP contribution in [0.4, 0.5) is 4.79 Å². The molecule has 130 valence electrons. The predicted molar refractivity (Wildman–Crippen MR) is 87.2 cm³/mol. The Morgan fingerprint density at radius 2 is 1.78 bits per heavy atom. The average molecular weight is 323 g/mol. The Kier molecular flexibility index (Phi) is 5.09. The van der Waals surface area contributed by atoms with E-state index in [0.29, 0.717) is 6.04 Å². The predicted octanol–water partition coefficient (Wildman–Crippen LogP) is 1.76. The highest BCUT2D eigenvalue weighted by Gasteiger charge is 2.39. The standard InChI is InChI=1S/C17H29N3O3/c1-2-19(11-16(21)22)15-7-14(8-15)18-17(23)20-9-12-5-3-4-6-13(12)10-20/h12-15H,2-11H2,1H3,(H,18,23)(H,21,22)/t12-,13+,14?,15?. The quantitative estimate of drug-likeness (QED) is 0.808. The highest BCUT2D eigenvalue weighted by atomic mass is 16.4. The van der Waals surface area contributed by atoms with Gasteiger partial charge in [0.25, 0.3) is 0 Å². The van der Waals surface area contributed by atoms with Crippen LogP contribution in [-0.2, 0) is 4.79 Å². The van der Waals surface area contributed by atoms with Crippen LogP contribution in [0.25, 0.3) is 0 Å². The first-order valence-corrected chi connectivity index (χ1v) is 9.08. The van der Waals surface area contributed by atoms with Crippen LogP contribution in [0.15, 0.2) is 0 Å². The first kappa shape index (κ1) is 16.6. The van der Waals surface area contributed by atoms with Gasteiger partial charge >= 0.3 is 12.0 Å². The maximum absolute atomic E-state index is 12.4. The SMILES string of the molecule is CCN(CC(=O)O)C1CC(NC(=O)N2C[C@H]3CCCC[C@H]3C2)C1. The van der Waals surface area contributed by atoms with Gasteiger partial charge in [0.1, 0.15) is 0 Å². The third kappa shape index (κ3) is 3.79. The maximum atomic E-state index is 12.4. The second-order valence-corrected chi connectivity index (χ2v) is 7.44. The van der Waals surface area contributed by atoms with E-state index >= 15 is 0 Å². The van der Waals surface area contributed by atoms with Gasteiger partial charge in [0.2, 0.25) is 0 Å². The van der Waals surface area contributed by atoms with Crippen LogP contribution in [-0.4, -0.2) is 65.2 Å². The number of likely N-dealkylation sites (tertiary alicyclic amines) is 1. The fourth-order valence-electron chi connectivity index (χ4n) is 4.51. The highest BCUT2D eigenvalue weighted by Crippen LogP contribution is 2.36. The Morgan fingerprint density at radius 3 is 2.30 bits per heavy atom. The number of rotatable bonds is 5. The minimum absolute atomic E-state index is 0.0872. The summed E-state index contributed by atoms with van der Waals surface area (Å²) in [4.78, 5) is 27.3. The number of amides is 2. The molecule has 3 rings (SSSR count). The van der Waals surface area contributed by atoms with E-state index in [2.05, 4.69) is 5.32 Å². The summed E-state index contributed by atoms with van der Waals surface area (Å²) in [6.07, 6.45) is 6.93. The van der Waals surface area contributed by atoms with Crippen LogP contribution in [0.3, 0.4) is 0 Å². The van der Waals surface area contributed by atoms with Crippen LogP contribution < -0.4 is 5.32 Å². The number of carboxylic acids is 1. The third-order valence-corrected chi connectivity index (χ3v) is 5.97. The second kappa shape index (κ2) is 7.07. The van der Waals surface area contributed by atoms with Crippen LogP contribution in [0, 0.1) is 11.8 Å². The molecule has 1 heterocycles. The molecule has 23 heavy (non-hydrogen) atoms. The zero-order chi connectivity index (χ0) is 16.4. The van der Waals surface area contributed by atoms with Crippen molar-refractivity contribution in [3.05, 3.63) is 0 Å². The van der Waals surface area contributed by atoms with Crippen LogP contribution in [0.5, 0.6) is 0 Å². The number of urea groups is 1. The third-order valence-electron chi connectivity index (χ3n) is 5.97. The number of carbonyl (C=O) groups excluding carboxylic acids is 1. The van der Waals surface area contributed by atoms with Crippen LogP contribution >= 0.6 is 0 Å². The first-order chi connectivity index (χ1) is 11.1. The number of hydrogen-bond donors (Lipinski definition) is 2. The monoisotopic (exact) mass is 323 g/mol. The highest BCUT2D eigenvalue weighted by molar-refractivity contribution is 5.75. The van der Waals surface area contributed by atoms with E-state index in [-0.39, 0.29) is 18.6 Å². The van der Waals surface area contributed by atoms with Gasteiger partial charge in [-0.15, -0.1) is 0 Å². The molecule has 6 heteroatoms. The summed E-state index contributed by atoms with van der Waals surface area (Å²) in [5.41, 5.74) is 0. The topological polar surface area (TPSA) is 72.9 Å². The molecule has 0 aromatic heterocycles. The lowest BCUT2D eigenvalue weighted by atomic mass is 9.82. The van der Waals surface area contributed by atoms with Gasteiger partial charge in [0.05, 0.1) is 6.54 Å². The summed E-state index contributed by atoms with van der Waals surface area (Å²) >= 11 is 0. The van der Waals surface area contributed by atoms with E-state index < -0.39 is 5.97 Å². The van der Waals surface area contributed by atoms with Crippen molar-refractivity contribution in [3.8, 4) is 0 Å². The summed E-state index contributed by atoms with van der Waals surface area (Å²) in [6, 6.07) is 0.588. The fourth-order valence-corrected chi connectivity index (χ4v) is 4.51. The molecule has 2 atom stereocenters. The molecule has 1 saturated heterocycles. The van der Waals surface area contributed by atoms with E-state index in [1.165, 1.54) is 25.7 Å². The minimum atomic E-state index is -0.779. The van der Waals surface area contributed by atoms with E-state index in [1.807, 2.05) is 16.7 Å². The Morgan fingerprint density at radius 1 is 1.17 bits per heavy atom. The molecule has 3 fully saturated rings. The number of nitrogens with one attached hydrogen (secondary N) is 1. The van der Waals surface area contributed by atoms with E-state index in [9.17, 15) is 9.59 Å². The molecular weight excluding hydrogens is 294 g/mol. The fraction of sp³-hybridized carbons (Fsp3) is 0.882. The summed E-state index contributed by atoms with van der Waals surface area (Å²) < 4.78 is 0. The van der Waals surface area contributed by atoms with Crippen molar-refractivity contribution in [2.24, 2.45) is 11.8 Å². The average Bonchev–Trinajstić information content (AvgIpc) is 2.92. The normalized spacial score (nSPS) is 33.2. The zero-order valence-corrected chi connectivity index (χ0v) is 14.0. The zero-order valence-electron chi connectivity index (χ0n) is 14.0. The molecule has 0 unspecified atom stereocenters. The molecule has 2 amide bonds. The molecule has 6 nitrogen and oxygen atoms in total. The van der Waals surface area contributed by atoms with Gasteiger partial charge in [-0.05, 0) is 44.1 Å². The first-order valence-electron chi connectivity index (χ1n) is 9.08. The van der Waals surface area contributed by atoms with E-state index in [0.717, 1.165) is 44.3 Å². The van der Waals surface area contributed by atoms with Gasteiger partial charge in [0.15, 0.2) is 0 Å². The Labute approximate surface area is 138 Å². The molecule has 3 aliphatic rings. The van der Waals surface area contributed by atoms with Crippen LogP contribution in [0.1, 0.15) is 45.4 Å². The molecule has 0 radical (unpaired) electrons. The van der Waals surface area contributed by atoms with Gasteiger partial charge < -0.3 is 15.3 Å². The van der Waals surface area contributed by atoms with Crippen molar-refractivity contribution in [1.29, 1.82) is 0 Å². The number of hydrogen-bond acceptors (Lipinski definition) is 3. The van der Waals surface area contributed by atoms with Crippen molar-refractivity contribution in [2.45, 2.75) is 57.5 Å². The molecule has 1 aliphatic heterocycles. The molecule has 0 bridgehead atoms. The number of carbonyl (C=O) groups is 2. The lowest BCUT2D eigenvalue weighted by Gasteiger charge is -2.42.